The normalized spacial score (nSPS) is 15.7. The van der Waals surface area contributed by atoms with Gasteiger partial charge in [0.1, 0.15) is 5.60 Å². The highest BCUT2D eigenvalue weighted by atomic mass is 32.2. The van der Waals surface area contributed by atoms with E-state index in [1.54, 1.807) is 0 Å². The monoisotopic (exact) mass is 387 g/mol. The van der Waals surface area contributed by atoms with Gasteiger partial charge in [-0.05, 0) is 46.1 Å². The van der Waals surface area contributed by atoms with Crippen molar-refractivity contribution in [3.63, 3.8) is 0 Å². The van der Waals surface area contributed by atoms with E-state index in [2.05, 4.69) is 33.8 Å². The molecule has 5 nitrogen and oxygen atoms in total. The average Bonchev–Trinajstić information content (AvgIpc) is 3.03. The largest absolute Gasteiger partial charge is 0.459 e. The molecule has 0 amide bonds. The van der Waals surface area contributed by atoms with Gasteiger partial charge in [0.15, 0.2) is 11.0 Å². The summed E-state index contributed by atoms with van der Waals surface area (Å²) in [5, 5.41) is 9.77. The van der Waals surface area contributed by atoms with Crippen LogP contribution in [0, 0.1) is 6.92 Å². The summed E-state index contributed by atoms with van der Waals surface area (Å²) in [7, 11) is 0. The van der Waals surface area contributed by atoms with Crippen molar-refractivity contribution in [2.24, 2.45) is 0 Å². The van der Waals surface area contributed by atoms with E-state index in [0.29, 0.717) is 6.04 Å². The Morgan fingerprint density at radius 1 is 1.19 bits per heavy atom. The van der Waals surface area contributed by atoms with Gasteiger partial charge in [0.2, 0.25) is 0 Å². The lowest BCUT2D eigenvalue weighted by molar-refractivity contribution is -0.151. The van der Waals surface area contributed by atoms with Crippen LogP contribution in [0.2, 0.25) is 0 Å². The Kier molecular flexibility index (Phi) is 6.25. The van der Waals surface area contributed by atoms with Gasteiger partial charge in [-0.25, -0.2) is 0 Å². The zero-order chi connectivity index (χ0) is 19.4. The first-order valence-electron chi connectivity index (χ1n) is 9.71. The van der Waals surface area contributed by atoms with E-state index in [1.165, 1.54) is 36.6 Å². The maximum Gasteiger partial charge on any atom is 0.316 e. The third-order valence-electron chi connectivity index (χ3n) is 4.73. The summed E-state index contributed by atoms with van der Waals surface area (Å²) in [6.45, 7) is 7.76. The molecule has 1 aliphatic carbocycles. The van der Waals surface area contributed by atoms with Gasteiger partial charge in [-0.15, -0.1) is 10.2 Å². The third kappa shape index (κ3) is 5.12. The number of carbonyl (C=O) groups is 1. The van der Waals surface area contributed by atoms with Crippen molar-refractivity contribution in [3.8, 4) is 11.4 Å². The molecule has 1 saturated carbocycles. The van der Waals surface area contributed by atoms with Gasteiger partial charge in [-0.2, -0.15) is 0 Å². The van der Waals surface area contributed by atoms with E-state index in [9.17, 15) is 4.79 Å². The summed E-state index contributed by atoms with van der Waals surface area (Å²) in [6.07, 6.45) is 6.02. The van der Waals surface area contributed by atoms with Crippen LogP contribution in [-0.2, 0) is 9.53 Å². The van der Waals surface area contributed by atoms with E-state index >= 15 is 0 Å². The van der Waals surface area contributed by atoms with Gasteiger partial charge in [0.05, 0.1) is 5.75 Å². The number of nitrogens with zero attached hydrogens (tertiary/aromatic N) is 3. The molecule has 0 saturated heterocycles. The topological polar surface area (TPSA) is 57.0 Å². The highest BCUT2D eigenvalue weighted by Crippen LogP contribution is 2.36. The highest BCUT2D eigenvalue weighted by Gasteiger charge is 2.25. The first-order valence-corrected chi connectivity index (χ1v) is 10.7. The number of benzene rings is 1. The first-order chi connectivity index (χ1) is 12.8. The second-order valence-electron chi connectivity index (χ2n) is 8.16. The minimum Gasteiger partial charge on any atom is -0.459 e. The minimum absolute atomic E-state index is 0.219. The number of hydrogen-bond donors (Lipinski definition) is 0. The van der Waals surface area contributed by atoms with Gasteiger partial charge in [-0.3, -0.25) is 9.36 Å². The summed E-state index contributed by atoms with van der Waals surface area (Å²) in [5.41, 5.74) is 1.83. The van der Waals surface area contributed by atoms with Crippen LogP contribution in [0.4, 0.5) is 0 Å². The molecule has 27 heavy (non-hydrogen) atoms. The summed E-state index contributed by atoms with van der Waals surface area (Å²) < 4.78 is 7.70. The quantitative estimate of drug-likeness (QED) is 0.522. The standard InChI is InChI=1S/C21H29N3O2S/c1-15-10-8-9-13-17(15)19-22-23-20(24(19)16-11-6-5-7-12-16)27-14-18(25)26-21(2,3)4/h8-10,13,16H,5-7,11-12,14H2,1-4H3. The summed E-state index contributed by atoms with van der Waals surface area (Å²) in [4.78, 5) is 12.1. The Hall–Kier alpha value is -1.82. The van der Waals surface area contributed by atoms with Crippen molar-refractivity contribution in [3.05, 3.63) is 29.8 Å². The second-order valence-corrected chi connectivity index (χ2v) is 9.10. The molecule has 3 rings (SSSR count). The number of rotatable bonds is 5. The molecule has 1 fully saturated rings. The van der Waals surface area contributed by atoms with Crippen LogP contribution in [0.15, 0.2) is 29.4 Å². The molecule has 0 aliphatic heterocycles. The van der Waals surface area contributed by atoms with Gasteiger partial charge in [0.25, 0.3) is 0 Å². The molecule has 1 aromatic heterocycles. The molecule has 0 unspecified atom stereocenters. The molecule has 146 valence electrons. The van der Waals surface area contributed by atoms with Crippen molar-refractivity contribution < 1.29 is 9.53 Å². The van der Waals surface area contributed by atoms with Crippen molar-refractivity contribution in [2.75, 3.05) is 5.75 Å². The molecule has 0 N–H and O–H groups in total. The van der Waals surface area contributed by atoms with Gasteiger partial charge >= 0.3 is 5.97 Å². The molecular weight excluding hydrogens is 358 g/mol. The fourth-order valence-corrected chi connectivity index (χ4v) is 4.32. The molecule has 0 radical (unpaired) electrons. The maximum absolute atomic E-state index is 12.1. The van der Waals surface area contributed by atoms with Crippen LogP contribution in [0.1, 0.15) is 64.5 Å². The smallest absolute Gasteiger partial charge is 0.316 e. The summed E-state index contributed by atoms with van der Waals surface area (Å²) in [5.74, 6) is 0.936. The van der Waals surface area contributed by atoms with Gasteiger partial charge in [0, 0.05) is 11.6 Å². The SMILES string of the molecule is Cc1ccccc1-c1nnc(SCC(=O)OC(C)(C)C)n1C1CCCCC1. The van der Waals surface area contributed by atoms with Crippen LogP contribution in [0.25, 0.3) is 11.4 Å². The average molecular weight is 388 g/mol. The Labute approximate surface area is 165 Å². The lowest BCUT2D eigenvalue weighted by atomic mass is 9.95. The molecule has 0 bridgehead atoms. The van der Waals surface area contributed by atoms with Crippen molar-refractivity contribution in [1.29, 1.82) is 0 Å². The van der Waals surface area contributed by atoms with Crippen molar-refractivity contribution in [2.45, 2.75) is 76.6 Å². The number of ether oxygens (including phenoxy) is 1. The molecule has 1 aromatic carbocycles. The zero-order valence-corrected chi connectivity index (χ0v) is 17.5. The first kappa shape index (κ1) is 19.9. The Bertz CT molecular complexity index is 789. The number of thioether (sulfide) groups is 1. The van der Waals surface area contributed by atoms with Crippen molar-refractivity contribution >= 4 is 17.7 Å². The Morgan fingerprint density at radius 2 is 1.89 bits per heavy atom. The molecular formula is C21H29N3O2S. The number of aromatic nitrogens is 3. The summed E-state index contributed by atoms with van der Waals surface area (Å²) >= 11 is 1.43. The number of aryl methyl sites for hydroxylation is 1. The number of esters is 1. The summed E-state index contributed by atoms with van der Waals surface area (Å²) in [6, 6.07) is 8.67. The van der Waals surface area contributed by atoms with E-state index in [0.717, 1.165) is 29.4 Å². The Balaban J connectivity index is 1.87. The highest BCUT2D eigenvalue weighted by molar-refractivity contribution is 7.99. The molecule has 6 heteroatoms. The zero-order valence-electron chi connectivity index (χ0n) is 16.7. The molecule has 1 aliphatic rings. The van der Waals surface area contributed by atoms with E-state index < -0.39 is 5.60 Å². The predicted octanol–water partition coefficient (Wildman–Crippen LogP) is 5.19. The maximum atomic E-state index is 12.1. The molecule has 1 heterocycles. The van der Waals surface area contributed by atoms with Gasteiger partial charge in [-0.1, -0.05) is 55.3 Å². The van der Waals surface area contributed by atoms with Crippen molar-refractivity contribution in [1.82, 2.24) is 14.8 Å². The van der Waals surface area contributed by atoms with Crippen LogP contribution in [0.3, 0.4) is 0 Å². The van der Waals surface area contributed by atoms with Crippen LogP contribution in [-0.4, -0.2) is 32.1 Å². The lowest BCUT2D eigenvalue weighted by Crippen LogP contribution is -2.25. The molecule has 0 atom stereocenters. The van der Waals surface area contributed by atoms with E-state index in [1.807, 2.05) is 32.9 Å². The second kappa shape index (κ2) is 8.46. The predicted molar refractivity (Wildman–Crippen MR) is 109 cm³/mol. The number of carbonyl (C=O) groups excluding carboxylic acids is 1. The van der Waals surface area contributed by atoms with E-state index in [4.69, 9.17) is 4.74 Å². The molecule has 0 spiro atoms. The van der Waals surface area contributed by atoms with E-state index in [-0.39, 0.29) is 11.7 Å². The fraction of sp³-hybridized carbons (Fsp3) is 0.571. The van der Waals surface area contributed by atoms with Crippen LogP contribution >= 0.6 is 11.8 Å². The fourth-order valence-electron chi connectivity index (χ4n) is 3.55. The lowest BCUT2D eigenvalue weighted by Gasteiger charge is -2.26. The van der Waals surface area contributed by atoms with Gasteiger partial charge < -0.3 is 4.74 Å². The molecule has 2 aromatic rings. The number of hydrogen-bond acceptors (Lipinski definition) is 5. The van der Waals surface area contributed by atoms with Crippen LogP contribution < -0.4 is 0 Å². The Morgan fingerprint density at radius 3 is 2.56 bits per heavy atom. The third-order valence-corrected chi connectivity index (χ3v) is 5.65. The minimum atomic E-state index is -0.471. The van der Waals surface area contributed by atoms with Crippen LogP contribution in [0.5, 0.6) is 0 Å².